The number of hydrogen-bond acceptors (Lipinski definition) is 5. The van der Waals surface area contributed by atoms with E-state index >= 15 is 0 Å². The highest BCUT2D eigenvalue weighted by Crippen LogP contribution is 2.29. The van der Waals surface area contributed by atoms with Crippen molar-refractivity contribution in [3.63, 3.8) is 0 Å². The SMILES string of the molecule is CC(C)(N)C(=O)NCC[C@@H]1CCCC[C@H]1O[N+](=O)[O-]. The number of amides is 1. The molecule has 110 valence electrons. The molecular weight excluding hydrogens is 250 g/mol. The molecule has 0 aromatic heterocycles. The molecular formula is C12H23N3O4. The van der Waals surface area contributed by atoms with Gasteiger partial charge in [-0.05, 0) is 39.0 Å². The van der Waals surface area contributed by atoms with Crippen LogP contribution in [0.25, 0.3) is 0 Å². The third kappa shape index (κ3) is 5.42. The first-order chi connectivity index (χ1) is 8.80. The van der Waals surface area contributed by atoms with Crippen molar-refractivity contribution in [3.8, 4) is 0 Å². The van der Waals surface area contributed by atoms with Crippen molar-refractivity contribution in [2.75, 3.05) is 6.54 Å². The Balaban J connectivity index is 2.37. The standard InChI is InChI=1S/C12H23N3O4/c1-12(2,13)11(16)14-8-7-9-5-3-4-6-10(9)19-15(17)18/h9-10H,3-8,13H2,1-2H3,(H,14,16)/t9-,10+/m0/s1. The van der Waals surface area contributed by atoms with E-state index in [1.54, 1.807) is 13.8 Å². The Hall–Kier alpha value is -1.37. The van der Waals surface area contributed by atoms with Crippen LogP contribution in [0.1, 0.15) is 46.0 Å². The maximum atomic E-state index is 11.6. The Morgan fingerprint density at radius 1 is 1.47 bits per heavy atom. The summed E-state index contributed by atoms with van der Waals surface area (Å²) in [6.07, 6.45) is 3.96. The fourth-order valence-corrected chi connectivity index (χ4v) is 2.35. The van der Waals surface area contributed by atoms with Gasteiger partial charge in [-0.2, -0.15) is 0 Å². The van der Waals surface area contributed by atoms with Crippen LogP contribution in [-0.4, -0.2) is 29.2 Å². The summed E-state index contributed by atoms with van der Waals surface area (Å²) in [5, 5.41) is 12.5. The van der Waals surface area contributed by atoms with Crippen LogP contribution in [0.5, 0.6) is 0 Å². The highest BCUT2D eigenvalue weighted by molar-refractivity contribution is 5.84. The fraction of sp³-hybridized carbons (Fsp3) is 0.917. The molecule has 0 radical (unpaired) electrons. The minimum Gasteiger partial charge on any atom is -0.355 e. The monoisotopic (exact) mass is 273 g/mol. The molecule has 1 fully saturated rings. The number of carbonyl (C=O) groups is 1. The van der Waals surface area contributed by atoms with Crippen LogP contribution in [0.15, 0.2) is 0 Å². The molecule has 0 unspecified atom stereocenters. The van der Waals surface area contributed by atoms with E-state index in [9.17, 15) is 14.9 Å². The zero-order valence-corrected chi connectivity index (χ0v) is 11.6. The Morgan fingerprint density at radius 2 is 2.11 bits per heavy atom. The van der Waals surface area contributed by atoms with Crippen molar-refractivity contribution < 1.29 is 14.7 Å². The molecule has 1 rings (SSSR count). The molecule has 0 aliphatic heterocycles. The van der Waals surface area contributed by atoms with E-state index in [0.29, 0.717) is 19.4 Å². The minimum absolute atomic E-state index is 0.125. The first-order valence-corrected chi connectivity index (χ1v) is 6.69. The summed E-state index contributed by atoms with van der Waals surface area (Å²) in [6.45, 7) is 3.75. The molecule has 0 bridgehead atoms. The summed E-state index contributed by atoms with van der Waals surface area (Å²) in [6, 6.07) is 0. The van der Waals surface area contributed by atoms with E-state index in [2.05, 4.69) is 5.32 Å². The lowest BCUT2D eigenvalue weighted by Gasteiger charge is -2.30. The van der Waals surface area contributed by atoms with Crippen LogP contribution < -0.4 is 11.1 Å². The Kier molecular flexibility index (Phi) is 5.53. The predicted molar refractivity (Wildman–Crippen MR) is 69.7 cm³/mol. The number of hydrogen-bond donors (Lipinski definition) is 2. The van der Waals surface area contributed by atoms with E-state index in [0.717, 1.165) is 19.3 Å². The Morgan fingerprint density at radius 3 is 2.68 bits per heavy atom. The average Bonchev–Trinajstić information content (AvgIpc) is 2.29. The second kappa shape index (κ2) is 6.70. The van der Waals surface area contributed by atoms with Crippen molar-refractivity contribution in [1.29, 1.82) is 0 Å². The maximum Gasteiger partial charge on any atom is 0.294 e. The molecule has 1 amide bonds. The van der Waals surface area contributed by atoms with Crippen LogP contribution in [0.4, 0.5) is 0 Å². The third-order valence-electron chi connectivity index (χ3n) is 3.45. The second-order valence-electron chi connectivity index (χ2n) is 5.68. The van der Waals surface area contributed by atoms with Crippen molar-refractivity contribution in [1.82, 2.24) is 5.32 Å². The number of nitrogens with two attached hydrogens (primary N) is 1. The molecule has 0 saturated heterocycles. The van der Waals surface area contributed by atoms with Gasteiger partial charge in [0.1, 0.15) is 6.10 Å². The quantitative estimate of drug-likeness (QED) is 0.554. The van der Waals surface area contributed by atoms with E-state index in [4.69, 9.17) is 10.6 Å². The lowest BCUT2D eigenvalue weighted by Crippen LogP contribution is -2.49. The summed E-state index contributed by atoms with van der Waals surface area (Å²) in [7, 11) is 0. The topological polar surface area (TPSA) is 107 Å². The largest absolute Gasteiger partial charge is 0.355 e. The summed E-state index contributed by atoms with van der Waals surface area (Å²) in [5.74, 6) is -0.0876. The van der Waals surface area contributed by atoms with Gasteiger partial charge in [0.05, 0.1) is 5.54 Å². The first kappa shape index (κ1) is 15.7. The van der Waals surface area contributed by atoms with Gasteiger partial charge < -0.3 is 15.9 Å². The van der Waals surface area contributed by atoms with Crippen molar-refractivity contribution in [2.45, 2.75) is 57.6 Å². The second-order valence-corrected chi connectivity index (χ2v) is 5.68. The number of nitrogens with one attached hydrogen (secondary N) is 1. The highest BCUT2D eigenvalue weighted by atomic mass is 17.0. The molecule has 3 N–H and O–H groups in total. The minimum atomic E-state index is -0.900. The van der Waals surface area contributed by atoms with E-state index in [1.165, 1.54) is 0 Å². The molecule has 0 aromatic rings. The zero-order chi connectivity index (χ0) is 14.5. The van der Waals surface area contributed by atoms with Crippen LogP contribution in [0.3, 0.4) is 0 Å². The lowest BCUT2D eigenvalue weighted by atomic mass is 9.84. The van der Waals surface area contributed by atoms with Gasteiger partial charge in [-0.15, -0.1) is 10.1 Å². The van der Waals surface area contributed by atoms with Crippen LogP contribution in [-0.2, 0) is 9.63 Å². The van der Waals surface area contributed by atoms with E-state index < -0.39 is 10.6 Å². The third-order valence-corrected chi connectivity index (χ3v) is 3.45. The predicted octanol–water partition coefficient (Wildman–Crippen LogP) is 0.997. The van der Waals surface area contributed by atoms with Gasteiger partial charge >= 0.3 is 0 Å². The van der Waals surface area contributed by atoms with Crippen LogP contribution in [0, 0.1) is 16.0 Å². The number of rotatable bonds is 6. The lowest BCUT2D eigenvalue weighted by molar-refractivity contribution is -0.771. The van der Waals surface area contributed by atoms with Crippen molar-refractivity contribution in [3.05, 3.63) is 10.1 Å². The fourth-order valence-electron chi connectivity index (χ4n) is 2.35. The highest BCUT2D eigenvalue weighted by Gasteiger charge is 2.28. The first-order valence-electron chi connectivity index (χ1n) is 6.69. The maximum absolute atomic E-state index is 11.6. The summed E-state index contributed by atoms with van der Waals surface area (Å²) < 4.78 is 0. The number of carbonyl (C=O) groups excluding carboxylic acids is 1. The summed E-state index contributed by atoms with van der Waals surface area (Å²) in [4.78, 5) is 26.7. The molecule has 2 atom stereocenters. The van der Waals surface area contributed by atoms with Gasteiger partial charge in [-0.1, -0.05) is 12.8 Å². The average molecular weight is 273 g/mol. The summed E-state index contributed by atoms with van der Waals surface area (Å²) in [5.41, 5.74) is 4.77. The molecule has 1 aliphatic rings. The van der Waals surface area contributed by atoms with Crippen LogP contribution >= 0.6 is 0 Å². The van der Waals surface area contributed by atoms with E-state index in [-0.39, 0.29) is 17.9 Å². The van der Waals surface area contributed by atoms with Gasteiger partial charge in [0.25, 0.3) is 5.09 Å². The van der Waals surface area contributed by atoms with Gasteiger partial charge in [0.15, 0.2) is 0 Å². The molecule has 0 spiro atoms. The normalized spacial score (nSPS) is 23.7. The molecule has 7 heteroatoms. The molecule has 19 heavy (non-hydrogen) atoms. The van der Waals surface area contributed by atoms with Gasteiger partial charge in [-0.25, -0.2) is 0 Å². The molecule has 0 heterocycles. The van der Waals surface area contributed by atoms with Gasteiger partial charge in [-0.3, -0.25) is 4.79 Å². The van der Waals surface area contributed by atoms with Gasteiger partial charge in [0, 0.05) is 6.54 Å². The Bertz CT molecular complexity index is 327. The summed E-state index contributed by atoms with van der Waals surface area (Å²) >= 11 is 0. The van der Waals surface area contributed by atoms with Crippen LogP contribution in [0.2, 0.25) is 0 Å². The Labute approximate surface area is 113 Å². The van der Waals surface area contributed by atoms with Gasteiger partial charge in [0.2, 0.25) is 5.91 Å². The van der Waals surface area contributed by atoms with Crippen molar-refractivity contribution >= 4 is 5.91 Å². The zero-order valence-electron chi connectivity index (χ0n) is 11.6. The molecule has 7 nitrogen and oxygen atoms in total. The van der Waals surface area contributed by atoms with E-state index in [1.807, 2.05) is 0 Å². The molecule has 0 aromatic carbocycles. The molecule has 1 aliphatic carbocycles. The molecule has 1 saturated carbocycles. The van der Waals surface area contributed by atoms with Crippen molar-refractivity contribution in [2.24, 2.45) is 11.7 Å². The smallest absolute Gasteiger partial charge is 0.294 e. The number of nitrogens with zero attached hydrogens (tertiary/aromatic N) is 1.